The zero-order valence-electron chi connectivity index (χ0n) is 15.7. The van der Waals surface area contributed by atoms with E-state index in [2.05, 4.69) is 0 Å². The average molecular weight is 465 g/mol. The maximum Gasteiger partial charge on any atom is 0.490 e. The van der Waals surface area contributed by atoms with Crippen molar-refractivity contribution in [1.29, 1.82) is 0 Å². The number of halogens is 4. The van der Waals surface area contributed by atoms with Crippen LogP contribution in [0, 0.1) is 6.92 Å². The molecule has 1 aromatic heterocycles. The molecule has 162 valence electrons. The summed E-state index contributed by atoms with van der Waals surface area (Å²) >= 11 is 5.94. The summed E-state index contributed by atoms with van der Waals surface area (Å²) < 4.78 is 68.4. The number of aliphatic carboxylic acids is 1. The second-order valence-electron chi connectivity index (χ2n) is 6.02. The summed E-state index contributed by atoms with van der Waals surface area (Å²) in [7, 11) is -2.28. The lowest BCUT2D eigenvalue weighted by Crippen LogP contribution is -2.21. The van der Waals surface area contributed by atoms with Gasteiger partial charge in [-0.25, -0.2) is 13.2 Å². The first-order valence-electron chi connectivity index (χ1n) is 8.17. The number of carbonyl (C=O) groups is 1. The molecule has 0 bridgehead atoms. The number of hydrogen-bond acceptors (Lipinski definition) is 5. The smallest absolute Gasteiger partial charge is 0.490 e. The second-order valence-corrected chi connectivity index (χ2v) is 8.20. The molecule has 0 atom stereocenters. The Morgan fingerprint density at radius 2 is 1.83 bits per heavy atom. The Morgan fingerprint density at radius 1 is 1.20 bits per heavy atom. The molecular formula is C19H16ClF3O6S. The summed E-state index contributed by atoms with van der Waals surface area (Å²) in [6.07, 6.45) is -3.57. The van der Waals surface area contributed by atoms with Gasteiger partial charge in [-0.3, -0.25) is 0 Å². The van der Waals surface area contributed by atoms with Gasteiger partial charge in [0.25, 0.3) is 0 Å². The van der Waals surface area contributed by atoms with Gasteiger partial charge < -0.3 is 14.3 Å². The number of alkyl halides is 4. The van der Waals surface area contributed by atoms with E-state index < -0.39 is 22.0 Å². The molecule has 1 N–H and O–H groups in total. The van der Waals surface area contributed by atoms with Gasteiger partial charge in [0.05, 0.1) is 24.1 Å². The Hall–Kier alpha value is -2.72. The summed E-state index contributed by atoms with van der Waals surface area (Å²) in [5.74, 6) is -2.28. The first kappa shape index (κ1) is 23.6. The first-order valence-corrected chi connectivity index (χ1v) is 10.2. The van der Waals surface area contributed by atoms with Crippen molar-refractivity contribution < 1.29 is 40.6 Å². The molecule has 3 aromatic rings. The van der Waals surface area contributed by atoms with Gasteiger partial charge in [0, 0.05) is 10.9 Å². The molecular weight excluding hydrogens is 449 g/mol. The summed E-state index contributed by atoms with van der Waals surface area (Å²) in [4.78, 5) is 9.21. The van der Waals surface area contributed by atoms with Crippen LogP contribution >= 0.6 is 11.6 Å². The number of aryl methyl sites for hydroxylation is 1. The Labute approximate surface area is 174 Å². The first-order chi connectivity index (χ1) is 13.9. The number of carboxylic acids is 1. The highest BCUT2D eigenvalue weighted by Crippen LogP contribution is 2.33. The van der Waals surface area contributed by atoms with E-state index in [0.29, 0.717) is 22.3 Å². The van der Waals surface area contributed by atoms with Gasteiger partial charge in [-0.1, -0.05) is 6.07 Å². The standard InChI is InChI=1S/C17H15ClO4S.C2HF3O2/c1-11-3-4-15(21-2)16(7-11)23(19,20)14-8-12-5-6-22-17(12)13(9-14)10-18;3-2(4,5)1(6)7/h3-9H,10H2,1-2H3;(H,6,7). The van der Waals surface area contributed by atoms with Crippen molar-refractivity contribution in [2.24, 2.45) is 0 Å². The van der Waals surface area contributed by atoms with E-state index in [1.54, 1.807) is 36.4 Å². The lowest BCUT2D eigenvalue weighted by Gasteiger charge is -2.11. The van der Waals surface area contributed by atoms with Gasteiger partial charge >= 0.3 is 12.1 Å². The third-order valence-electron chi connectivity index (χ3n) is 3.91. The predicted molar refractivity (Wildman–Crippen MR) is 103 cm³/mol. The summed E-state index contributed by atoms with van der Waals surface area (Å²) in [6.45, 7) is 1.84. The van der Waals surface area contributed by atoms with E-state index in [1.165, 1.54) is 13.4 Å². The van der Waals surface area contributed by atoms with Crippen LogP contribution in [-0.4, -0.2) is 32.8 Å². The Morgan fingerprint density at radius 3 is 2.37 bits per heavy atom. The van der Waals surface area contributed by atoms with Crippen molar-refractivity contribution in [3.63, 3.8) is 0 Å². The molecule has 0 aliphatic heterocycles. The van der Waals surface area contributed by atoms with Crippen LogP contribution in [0.15, 0.2) is 56.9 Å². The number of methoxy groups -OCH3 is 1. The van der Waals surface area contributed by atoms with Crippen LogP contribution in [0.5, 0.6) is 5.75 Å². The molecule has 2 aromatic carbocycles. The minimum atomic E-state index is -5.08. The minimum Gasteiger partial charge on any atom is -0.495 e. The van der Waals surface area contributed by atoms with Gasteiger partial charge in [0.2, 0.25) is 9.84 Å². The number of carboxylic acid groups (broad SMARTS) is 1. The van der Waals surface area contributed by atoms with Gasteiger partial charge in [0.15, 0.2) is 0 Å². The quantitative estimate of drug-likeness (QED) is 0.549. The molecule has 0 amide bonds. The third kappa shape index (κ3) is 5.06. The molecule has 0 radical (unpaired) electrons. The Bertz CT molecular complexity index is 1170. The van der Waals surface area contributed by atoms with E-state index in [4.69, 9.17) is 30.7 Å². The van der Waals surface area contributed by atoms with Crippen LogP contribution in [0.2, 0.25) is 0 Å². The molecule has 11 heteroatoms. The van der Waals surface area contributed by atoms with E-state index in [9.17, 15) is 21.6 Å². The van der Waals surface area contributed by atoms with Crippen molar-refractivity contribution in [1.82, 2.24) is 0 Å². The van der Waals surface area contributed by atoms with Crippen molar-refractivity contribution in [2.75, 3.05) is 7.11 Å². The number of sulfone groups is 1. The Kier molecular flexibility index (Phi) is 7.04. The number of fused-ring (bicyclic) bond motifs is 1. The number of benzene rings is 2. The fourth-order valence-corrected chi connectivity index (χ4v) is 4.29. The lowest BCUT2D eigenvalue weighted by atomic mass is 10.2. The monoisotopic (exact) mass is 464 g/mol. The SMILES string of the molecule is COc1ccc(C)cc1S(=O)(=O)c1cc(CCl)c2occc2c1.O=C(O)C(F)(F)F. The molecule has 0 unspecified atom stereocenters. The van der Waals surface area contributed by atoms with Crippen LogP contribution in [0.25, 0.3) is 11.0 Å². The van der Waals surface area contributed by atoms with Crippen LogP contribution in [0.1, 0.15) is 11.1 Å². The maximum absolute atomic E-state index is 13.0. The molecule has 6 nitrogen and oxygen atoms in total. The van der Waals surface area contributed by atoms with E-state index in [-0.39, 0.29) is 15.7 Å². The van der Waals surface area contributed by atoms with Gasteiger partial charge in [-0.05, 0) is 42.8 Å². The minimum absolute atomic E-state index is 0.142. The molecule has 30 heavy (non-hydrogen) atoms. The second kappa shape index (κ2) is 8.97. The average Bonchev–Trinajstić information content (AvgIpc) is 3.15. The summed E-state index contributed by atoms with van der Waals surface area (Å²) in [5.41, 5.74) is 2.08. The predicted octanol–water partition coefficient (Wildman–Crippen LogP) is 4.95. The van der Waals surface area contributed by atoms with Crippen LogP contribution < -0.4 is 4.74 Å². The van der Waals surface area contributed by atoms with Crippen molar-refractivity contribution in [2.45, 2.75) is 28.8 Å². The maximum atomic E-state index is 13.0. The molecule has 0 saturated carbocycles. The molecule has 0 saturated heterocycles. The zero-order valence-corrected chi connectivity index (χ0v) is 17.2. The van der Waals surface area contributed by atoms with Crippen LogP contribution in [0.4, 0.5) is 13.2 Å². The van der Waals surface area contributed by atoms with Crippen molar-refractivity contribution in [3.8, 4) is 5.75 Å². The van der Waals surface area contributed by atoms with E-state index in [1.807, 2.05) is 6.92 Å². The largest absolute Gasteiger partial charge is 0.495 e. The molecule has 1 heterocycles. The normalized spacial score (nSPS) is 11.7. The van der Waals surface area contributed by atoms with Crippen molar-refractivity contribution >= 4 is 38.4 Å². The van der Waals surface area contributed by atoms with Crippen molar-refractivity contribution in [3.05, 3.63) is 53.8 Å². The highest BCUT2D eigenvalue weighted by atomic mass is 35.5. The molecule has 0 aliphatic carbocycles. The zero-order chi connectivity index (χ0) is 22.7. The molecule has 0 fully saturated rings. The molecule has 3 rings (SSSR count). The summed E-state index contributed by atoms with van der Waals surface area (Å²) in [6, 6.07) is 9.93. The fourth-order valence-electron chi connectivity index (χ4n) is 2.50. The highest BCUT2D eigenvalue weighted by molar-refractivity contribution is 7.91. The van der Waals surface area contributed by atoms with Gasteiger partial charge in [0.1, 0.15) is 16.2 Å². The van der Waals surface area contributed by atoms with Crippen LogP contribution in [0.3, 0.4) is 0 Å². The number of rotatable bonds is 4. The number of furan rings is 1. The highest BCUT2D eigenvalue weighted by Gasteiger charge is 2.38. The summed E-state index contributed by atoms with van der Waals surface area (Å²) in [5, 5.41) is 7.83. The van der Waals surface area contributed by atoms with Gasteiger partial charge in [-0.15, -0.1) is 11.6 Å². The molecule has 0 spiro atoms. The number of hydrogen-bond donors (Lipinski definition) is 1. The Balaban J connectivity index is 0.000000396. The fraction of sp³-hybridized carbons (Fsp3) is 0.211. The third-order valence-corrected chi connectivity index (χ3v) is 5.95. The van der Waals surface area contributed by atoms with E-state index >= 15 is 0 Å². The van der Waals surface area contributed by atoms with Crippen LogP contribution in [-0.2, 0) is 20.5 Å². The lowest BCUT2D eigenvalue weighted by molar-refractivity contribution is -0.192. The topological polar surface area (TPSA) is 93.8 Å². The van der Waals surface area contributed by atoms with Gasteiger partial charge in [-0.2, -0.15) is 13.2 Å². The van der Waals surface area contributed by atoms with E-state index in [0.717, 1.165) is 5.56 Å². The molecule has 0 aliphatic rings. The number of ether oxygens (including phenoxy) is 1.